The van der Waals surface area contributed by atoms with E-state index in [1.807, 2.05) is 49.7 Å². The van der Waals surface area contributed by atoms with Crippen molar-refractivity contribution in [2.75, 3.05) is 0 Å². The second kappa shape index (κ2) is 4.51. The van der Waals surface area contributed by atoms with Crippen LogP contribution in [0.15, 0.2) is 24.3 Å². The van der Waals surface area contributed by atoms with Crippen LogP contribution in [0.1, 0.15) is 29.9 Å². The zero-order valence-corrected chi connectivity index (χ0v) is 11.0. The SMILES string of the molecule is Cc1cc(C)n(-c2ccc(C(C)N)cc2Cl)n1. The lowest BCUT2D eigenvalue weighted by atomic mass is 10.1. The summed E-state index contributed by atoms with van der Waals surface area (Å²) in [4.78, 5) is 0. The number of nitrogens with two attached hydrogens (primary N) is 1. The lowest BCUT2D eigenvalue weighted by molar-refractivity contribution is 0.808. The molecule has 17 heavy (non-hydrogen) atoms. The molecule has 0 spiro atoms. The van der Waals surface area contributed by atoms with Crippen LogP contribution in [0.2, 0.25) is 5.02 Å². The van der Waals surface area contributed by atoms with Gasteiger partial charge in [-0.1, -0.05) is 17.7 Å². The number of nitrogens with zero attached hydrogens (tertiary/aromatic N) is 2. The summed E-state index contributed by atoms with van der Waals surface area (Å²) in [5.41, 5.74) is 9.79. The van der Waals surface area contributed by atoms with Crippen LogP contribution in [0.4, 0.5) is 0 Å². The second-order valence-corrected chi connectivity index (χ2v) is 4.75. The van der Waals surface area contributed by atoms with Crippen molar-refractivity contribution in [2.45, 2.75) is 26.8 Å². The van der Waals surface area contributed by atoms with E-state index < -0.39 is 0 Å². The number of halogens is 1. The zero-order valence-electron chi connectivity index (χ0n) is 10.2. The highest BCUT2D eigenvalue weighted by molar-refractivity contribution is 6.32. The van der Waals surface area contributed by atoms with Gasteiger partial charge in [0.1, 0.15) is 0 Å². The summed E-state index contributed by atoms with van der Waals surface area (Å²) >= 11 is 6.27. The Balaban J connectivity index is 2.50. The topological polar surface area (TPSA) is 43.8 Å². The van der Waals surface area contributed by atoms with E-state index in [2.05, 4.69) is 5.10 Å². The van der Waals surface area contributed by atoms with Gasteiger partial charge in [-0.05, 0) is 44.5 Å². The molecule has 2 rings (SSSR count). The van der Waals surface area contributed by atoms with Crippen LogP contribution < -0.4 is 5.73 Å². The minimum Gasteiger partial charge on any atom is -0.324 e. The van der Waals surface area contributed by atoms with Crippen LogP contribution in [-0.2, 0) is 0 Å². The van der Waals surface area contributed by atoms with Gasteiger partial charge in [-0.15, -0.1) is 0 Å². The highest BCUT2D eigenvalue weighted by atomic mass is 35.5. The van der Waals surface area contributed by atoms with Crippen molar-refractivity contribution in [1.29, 1.82) is 0 Å². The molecule has 4 heteroatoms. The lowest BCUT2D eigenvalue weighted by Gasteiger charge is -2.10. The van der Waals surface area contributed by atoms with Crippen molar-refractivity contribution in [1.82, 2.24) is 9.78 Å². The van der Waals surface area contributed by atoms with Crippen LogP contribution in [0, 0.1) is 13.8 Å². The van der Waals surface area contributed by atoms with Gasteiger partial charge >= 0.3 is 0 Å². The van der Waals surface area contributed by atoms with E-state index in [0.29, 0.717) is 5.02 Å². The largest absolute Gasteiger partial charge is 0.324 e. The third-order valence-corrected chi connectivity index (χ3v) is 3.04. The third-order valence-electron chi connectivity index (χ3n) is 2.74. The molecule has 0 aliphatic heterocycles. The second-order valence-electron chi connectivity index (χ2n) is 4.34. The van der Waals surface area contributed by atoms with E-state index in [-0.39, 0.29) is 6.04 Å². The maximum absolute atomic E-state index is 6.27. The Bertz CT molecular complexity index is 544. The molecule has 1 atom stereocenters. The maximum Gasteiger partial charge on any atom is 0.0835 e. The smallest absolute Gasteiger partial charge is 0.0835 e. The molecule has 1 heterocycles. The number of hydrogen-bond acceptors (Lipinski definition) is 2. The molecule has 0 aliphatic carbocycles. The predicted molar refractivity (Wildman–Crippen MR) is 70.7 cm³/mol. The summed E-state index contributed by atoms with van der Waals surface area (Å²) in [6.07, 6.45) is 0. The first-order valence-corrected chi connectivity index (χ1v) is 5.95. The van der Waals surface area contributed by atoms with Crippen molar-refractivity contribution < 1.29 is 0 Å². The minimum absolute atomic E-state index is 0.0120. The standard InChI is InChI=1S/C13H16ClN3/c1-8-6-9(2)17(16-8)13-5-4-11(10(3)15)7-12(13)14/h4-7,10H,15H2,1-3H3. The Hall–Kier alpha value is -1.32. The highest BCUT2D eigenvalue weighted by Gasteiger charge is 2.09. The number of aryl methyl sites for hydroxylation is 2. The average Bonchev–Trinajstić information content (AvgIpc) is 2.57. The van der Waals surface area contributed by atoms with E-state index in [1.54, 1.807) is 0 Å². The van der Waals surface area contributed by atoms with Gasteiger partial charge in [0.25, 0.3) is 0 Å². The fourth-order valence-corrected chi connectivity index (χ4v) is 2.12. The lowest BCUT2D eigenvalue weighted by Crippen LogP contribution is -2.06. The number of aromatic nitrogens is 2. The van der Waals surface area contributed by atoms with Crippen LogP contribution in [0.5, 0.6) is 0 Å². The van der Waals surface area contributed by atoms with Crippen molar-refractivity contribution in [3.05, 3.63) is 46.2 Å². The first-order chi connectivity index (χ1) is 7.99. The molecular formula is C13H16ClN3. The summed E-state index contributed by atoms with van der Waals surface area (Å²) in [6.45, 7) is 5.91. The van der Waals surface area contributed by atoms with Crippen LogP contribution in [0.25, 0.3) is 5.69 Å². The molecule has 0 aliphatic rings. The van der Waals surface area contributed by atoms with Crippen molar-refractivity contribution in [2.24, 2.45) is 5.73 Å². The number of benzene rings is 1. The van der Waals surface area contributed by atoms with Crippen LogP contribution in [0.3, 0.4) is 0 Å². The Morgan fingerprint density at radius 2 is 2.00 bits per heavy atom. The predicted octanol–water partition coefficient (Wildman–Crippen LogP) is 3.16. The van der Waals surface area contributed by atoms with Gasteiger partial charge in [0.15, 0.2) is 0 Å². The van der Waals surface area contributed by atoms with Gasteiger partial charge in [-0.25, -0.2) is 4.68 Å². The fourth-order valence-electron chi connectivity index (χ4n) is 1.85. The first kappa shape index (κ1) is 12.1. The average molecular weight is 250 g/mol. The molecule has 3 nitrogen and oxygen atoms in total. The molecule has 1 aromatic carbocycles. The Labute approximate surface area is 106 Å². The number of hydrogen-bond donors (Lipinski definition) is 1. The van der Waals surface area contributed by atoms with Crippen LogP contribution in [-0.4, -0.2) is 9.78 Å². The van der Waals surface area contributed by atoms with Crippen LogP contribution >= 0.6 is 11.6 Å². The molecule has 0 saturated heterocycles. The van der Waals surface area contributed by atoms with E-state index in [9.17, 15) is 0 Å². The third kappa shape index (κ3) is 2.35. The summed E-state index contributed by atoms with van der Waals surface area (Å²) in [6, 6.07) is 7.86. The van der Waals surface area contributed by atoms with Gasteiger partial charge in [-0.3, -0.25) is 0 Å². The molecule has 90 valence electrons. The van der Waals surface area contributed by atoms with E-state index in [4.69, 9.17) is 17.3 Å². The summed E-state index contributed by atoms with van der Waals surface area (Å²) in [5.74, 6) is 0. The molecule has 0 amide bonds. The molecule has 0 saturated carbocycles. The van der Waals surface area contributed by atoms with Gasteiger partial charge in [0.2, 0.25) is 0 Å². The van der Waals surface area contributed by atoms with E-state index in [1.165, 1.54) is 0 Å². The van der Waals surface area contributed by atoms with E-state index in [0.717, 1.165) is 22.6 Å². The first-order valence-electron chi connectivity index (χ1n) is 5.57. The monoisotopic (exact) mass is 249 g/mol. The molecule has 2 aromatic rings. The van der Waals surface area contributed by atoms with Crippen molar-refractivity contribution in [3.63, 3.8) is 0 Å². The summed E-state index contributed by atoms with van der Waals surface area (Å²) in [5, 5.41) is 5.09. The number of rotatable bonds is 2. The van der Waals surface area contributed by atoms with Gasteiger partial charge in [0.05, 0.1) is 16.4 Å². The normalized spacial score (nSPS) is 12.8. The Kier molecular flexibility index (Phi) is 3.22. The zero-order chi connectivity index (χ0) is 12.6. The molecule has 1 unspecified atom stereocenters. The summed E-state index contributed by atoms with van der Waals surface area (Å²) in [7, 11) is 0. The van der Waals surface area contributed by atoms with Crippen molar-refractivity contribution in [3.8, 4) is 5.69 Å². The molecule has 0 fully saturated rings. The Morgan fingerprint density at radius 1 is 1.29 bits per heavy atom. The van der Waals surface area contributed by atoms with Gasteiger partial charge in [0, 0.05) is 11.7 Å². The fraction of sp³-hybridized carbons (Fsp3) is 0.308. The quantitative estimate of drug-likeness (QED) is 0.889. The highest BCUT2D eigenvalue weighted by Crippen LogP contribution is 2.25. The molecule has 0 radical (unpaired) electrons. The maximum atomic E-state index is 6.27. The molecule has 2 N–H and O–H groups in total. The minimum atomic E-state index is -0.0120. The van der Waals surface area contributed by atoms with Gasteiger partial charge < -0.3 is 5.73 Å². The molecule has 0 bridgehead atoms. The van der Waals surface area contributed by atoms with Gasteiger partial charge in [-0.2, -0.15) is 5.10 Å². The molecular weight excluding hydrogens is 234 g/mol. The van der Waals surface area contributed by atoms with Crippen molar-refractivity contribution >= 4 is 11.6 Å². The summed E-state index contributed by atoms with van der Waals surface area (Å²) < 4.78 is 1.85. The Morgan fingerprint density at radius 3 is 2.47 bits per heavy atom. The molecule has 1 aromatic heterocycles. The van der Waals surface area contributed by atoms with E-state index >= 15 is 0 Å².